The standard InChI is InChI=1S/C14H11BrN2O3/c15-11-5-2-6-16-12(11)13(18)17-8-9-3-1-4-10(7-9)14(19)20/h1-7H,8H2,(H,17,18)(H,19,20). The molecule has 0 aliphatic heterocycles. The lowest BCUT2D eigenvalue weighted by Gasteiger charge is -2.06. The first-order chi connectivity index (χ1) is 9.58. The molecule has 0 aliphatic rings. The highest BCUT2D eigenvalue weighted by atomic mass is 79.9. The van der Waals surface area contributed by atoms with E-state index < -0.39 is 5.97 Å². The number of benzene rings is 1. The van der Waals surface area contributed by atoms with Crippen molar-refractivity contribution in [2.75, 3.05) is 0 Å². The second-order valence-electron chi connectivity index (χ2n) is 4.02. The smallest absolute Gasteiger partial charge is 0.335 e. The van der Waals surface area contributed by atoms with Crippen LogP contribution in [0.3, 0.4) is 0 Å². The molecule has 102 valence electrons. The molecular weight excluding hydrogens is 324 g/mol. The van der Waals surface area contributed by atoms with Crippen molar-refractivity contribution in [3.8, 4) is 0 Å². The van der Waals surface area contributed by atoms with Gasteiger partial charge in [-0.2, -0.15) is 0 Å². The molecule has 0 bridgehead atoms. The lowest BCUT2D eigenvalue weighted by Crippen LogP contribution is -2.24. The molecule has 6 heteroatoms. The number of hydrogen-bond donors (Lipinski definition) is 2. The predicted octanol–water partition coefficient (Wildman–Crippen LogP) is 2.47. The molecule has 0 saturated carbocycles. The summed E-state index contributed by atoms with van der Waals surface area (Å²) in [6, 6.07) is 9.87. The number of halogens is 1. The summed E-state index contributed by atoms with van der Waals surface area (Å²) in [7, 11) is 0. The zero-order chi connectivity index (χ0) is 14.5. The summed E-state index contributed by atoms with van der Waals surface area (Å²) in [6.07, 6.45) is 1.53. The Kier molecular flexibility index (Phi) is 4.47. The first kappa shape index (κ1) is 14.2. The first-order valence-corrected chi connectivity index (χ1v) is 6.58. The fourth-order valence-electron chi connectivity index (χ4n) is 1.63. The van der Waals surface area contributed by atoms with E-state index in [4.69, 9.17) is 5.11 Å². The van der Waals surface area contributed by atoms with Gasteiger partial charge in [-0.15, -0.1) is 0 Å². The number of aromatic nitrogens is 1. The van der Waals surface area contributed by atoms with Crippen LogP contribution in [0.1, 0.15) is 26.4 Å². The van der Waals surface area contributed by atoms with Gasteiger partial charge in [-0.05, 0) is 45.8 Å². The van der Waals surface area contributed by atoms with Gasteiger partial charge in [0.15, 0.2) is 0 Å². The normalized spacial score (nSPS) is 10.1. The van der Waals surface area contributed by atoms with Crippen molar-refractivity contribution < 1.29 is 14.7 Å². The molecule has 0 saturated heterocycles. The molecule has 2 aromatic rings. The molecule has 2 N–H and O–H groups in total. The van der Waals surface area contributed by atoms with E-state index in [-0.39, 0.29) is 18.0 Å². The van der Waals surface area contributed by atoms with Crippen molar-refractivity contribution in [1.29, 1.82) is 0 Å². The third-order valence-electron chi connectivity index (χ3n) is 2.60. The Labute approximate surface area is 123 Å². The second kappa shape index (κ2) is 6.29. The van der Waals surface area contributed by atoms with E-state index in [0.29, 0.717) is 15.7 Å². The summed E-state index contributed by atoms with van der Waals surface area (Å²) in [5.74, 6) is -1.32. The van der Waals surface area contributed by atoms with Gasteiger partial charge in [0.25, 0.3) is 5.91 Å². The van der Waals surface area contributed by atoms with Gasteiger partial charge in [0, 0.05) is 17.2 Å². The van der Waals surface area contributed by atoms with E-state index in [1.54, 1.807) is 24.3 Å². The summed E-state index contributed by atoms with van der Waals surface area (Å²) in [6.45, 7) is 0.239. The summed E-state index contributed by atoms with van der Waals surface area (Å²) in [4.78, 5) is 26.8. The fourth-order valence-corrected chi connectivity index (χ4v) is 2.07. The maximum atomic E-state index is 11.9. The van der Waals surface area contributed by atoms with Gasteiger partial charge in [0.05, 0.1) is 5.56 Å². The monoisotopic (exact) mass is 334 g/mol. The molecule has 1 aromatic carbocycles. The van der Waals surface area contributed by atoms with Crippen LogP contribution in [-0.2, 0) is 6.54 Å². The number of aromatic carboxylic acids is 1. The maximum absolute atomic E-state index is 11.9. The zero-order valence-corrected chi connectivity index (χ0v) is 11.9. The van der Waals surface area contributed by atoms with Gasteiger partial charge in [-0.1, -0.05) is 12.1 Å². The van der Waals surface area contributed by atoms with E-state index in [0.717, 1.165) is 0 Å². The Hall–Kier alpha value is -2.21. The minimum Gasteiger partial charge on any atom is -0.478 e. The average molecular weight is 335 g/mol. The quantitative estimate of drug-likeness (QED) is 0.900. The molecule has 20 heavy (non-hydrogen) atoms. The van der Waals surface area contributed by atoms with Crippen LogP contribution in [0.5, 0.6) is 0 Å². The Morgan fingerprint density at radius 3 is 2.75 bits per heavy atom. The number of hydrogen-bond acceptors (Lipinski definition) is 3. The number of carbonyl (C=O) groups excluding carboxylic acids is 1. The van der Waals surface area contributed by atoms with Gasteiger partial charge >= 0.3 is 5.97 Å². The van der Waals surface area contributed by atoms with Crippen LogP contribution in [0.15, 0.2) is 47.1 Å². The van der Waals surface area contributed by atoms with E-state index in [1.807, 2.05) is 0 Å². The van der Waals surface area contributed by atoms with Gasteiger partial charge in [0.1, 0.15) is 5.69 Å². The molecule has 0 aliphatic carbocycles. The van der Waals surface area contributed by atoms with Gasteiger partial charge < -0.3 is 10.4 Å². The molecule has 1 amide bonds. The average Bonchev–Trinajstić information content (AvgIpc) is 2.45. The van der Waals surface area contributed by atoms with E-state index >= 15 is 0 Å². The summed E-state index contributed by atoms with van der Waals surface area (Å²) in [5.41, 5.74) is 1.20. The van der Waals surface area contributed by atoms with Crippen LogP contribution in [0.25, 0.3) is 0 Å². The maximum Gasteiger partial charge on any atom is 0.335 e. The number of carboxylic acid groups (broad SMARTS) is 1. The van der Waals surface area contributed by atoms with Crippen LogP contribution in [-0.4, -0.2) is 22.0 Å². The zero-order valence-electron chi connectivity index (χ0n) is 10.3. The number of rotatable bonds is 4. The molecular formula is C14H11BrN2O3. The van der Waals surface area contributed by atoms with Crippen LogP contribution >= 0.6 is 15.9 Å². The van der Waals surface area contributed by atoms with Crippen molar-refractivity contribution in [3.63, 3.8) is 0 Å². The van der Waals surface area contributed by atoms with Crippen molar-refractivity contribution in [3.05, 3.63) is 63.9 Å². The second-order valence-corrected chi connectivity index (χ2v) is 4.88. The summed E-state index contributed by atoms with van der Waals surface area (Å²) < 4.78 is 0.608. The van der Waals surface area contributed by atoms with Crippen LogP contribution in [0.2, 0.25) is 0 Å². The molecule has 0 spiro atoms. The molecule has 0 unspecified atom stereocenters. The Morgan fingerprint density at radius 1 is 1.25 bits per heavy atom. The first-order valence-electron chi connectivity index (χ1n) is 5.79. The van der Waals surface area contributed by atoms with Crippen LogP contribution < -0.4 is 5.32 Å². The van der Waals surface area contributed by atoms with Gasteiger partial charge in [0.2, 0.25) is 0 Å². The highest BCUT2D eigenvalue weighted by Gasteiger charge is 2.11. The van der Waals surface area contributed by atoms with Crippen molar-refractivity contribution in [2.45, 2.75) is 6.54 Å². The van der Waals surface area contributed by atoms with Gasteiger partial charge in [-0.25, -0.2) is 9.78 Å². The molecule has 0 fully saturated rings. The summed E-state index contributed by atoms with van der Waals surface area (Å²) >= 11 is 3.25. The Balaban J connectivity index is 2.06. The van der Waals surface area contributed by atoms with E-state index in [2.05, 4.69) is 26.2 Å². The van der Waals surface area contributed by atoms with Crippen molar-refractivity contribution in [2.24, 2.45) is 0 Å². The number of nitrogens with one attached hydrogen (secondary N) is 1. The van der Waals surface area contributed by atoms with E-state index in [1.165, 1.54) is 18.3 Å². The molecule has 1 heterocycles. The number of carbonyl (C=O) groups is 2. The van der Waals surface area contributed by atoms with Crippen LogP contribution in [0, 0.1) is 0 Å². The largest absolute Gasteiger partial charge is 0.478 e. The Bertz CT molecular complexity index is 658. The van der Waals surface area contributed by atoms with Crippen molar-refractivity contribution >= 4 is 27.8 Å². The van der Waals surface area contributed by atoms with E-state index in [9.17, 15) is 9.59 Å². The highest BCUT2D eigenvalue weighted by Crippen LogP contribution is 2.13. The van der Waals surface area contributed by atoms with Gasteiger partial charge in [-0.3, -0.25) is 4.79 Å². The molecule has 2 rings (SSSR count). The minimum atomic E-state index is -0.995. The number of carboxylic acids is 1. The molecule has 1 aromatic heterocycles. The highest BCUT2D eigenvalue weighted by molar-refractivity contribution is 9.10. The number of pyridine rings is 1. The molecule has 0 atom stereocenters. The number of nitrogens with zero attached hydrogens (tertiary/aromatic N) is 1. The Morgan fingerprint density at radius 2 is 2.05 bits per heavy atom. The van der Waals surface area contributed by atoms with Crippen LogP contribution in [0.4, 0.5) is 0 Å². The summed E-state index contributed by atoms with van der Waals surface area (Å²) in [5, 5.41) is 11.6. The lowest BCUT2D eigenvalue weighted by molar-refractivity contribution is 0.0696. The molecule has 0 radical (unpaired) electrons. The number of amides is 1. The third kappa shape index (κ3) is 3.42. The topological polar surface area (TPSA) is 79.3 Å². The third-order valence-corrected chi connectivity index (χ3v) is 3.24. The SMILES string of the molecule is O=C(O)c1cccc(CNC(=O)c2ncccc2Br)c1. The predicted molar refractivity (Wildman–Crippen MR) is 76.5 cm³/mol. The fraction of sp³-hybridized carbons (Fsp3) is 0.0714. The lowest BCUT2D eigenvalue weighted by atomic mass is 10.1. The van der Waals surface area contributed by atoms with Crippen molar-refractivity contribution in [1.82, 2.24) is 10.3 Å². The molecule has 5 nitrogen and oxygen atoms in total. The minimum absolute atomic E-state index is 0.191.